The average molecular weight is 278 g/mol. The summed E-state index contributed by atoms with van der Waals surface area (Å²) < 4.78 is 46.8. The second-order valence-corrected chi connectivity index (χ2v) is 8.67. The van der Waals surface area contributed by atoms with Crippen LogP contribution in [-0.4, -0.2) is 28.3 Å². The number of sulfone groups is 2. The molecule has 4 nitrogen and oxygen atoms in total. The third-order valence-corrected chi connectivity index (χ3v) is 7.01. The van der Waals surface area contributed by atoms with Crippen LogP contribution in [0.4, 0.5) is 0 Å². The van der Waals surface area contributed by atoms with Gasteiger partial charge in [-0.15, -0.1) is 11.3 Å². The molecular formula is C9H10O4S3. The Morgan fingerprint density at radius 3 is 2.62 bits per heavy atom. The second-order valence-electron chi connectivity index (χ2n) is 3.53. The van der Waals surface area contributed by atoms with Crippen molar-refractivity contribution in [1.82, 2.24) is 0 Å². The van der Waals surface area contributed by atoms with Gasteiger partial charge in [0.25, 0.3) is 0 Å². The van der Waals surface area contributed by atoms with Crippen LogP contribution in [0.5, 0.6) is 0 Å². The molecule has 0 N–H and O–H groups in total. The van der Waals surface area contributed by atoms with Crippen molar-refractivity contribution in [2.45, 2.75) is 5.25 Å². The molecular weight excluding hydrogens is 268 g/mol. The van der Waals surface area contributed by atoms with Gasteiger partial charge in [0.15, 0.2) is 19.7 Å². The van der Waals surface area contributed by atoms with E-state index in [4.69, 9.17) is 0 Å². The molecule has 0 amide bonds. The quantitative estimate of drug-likeness (QED) is 0.772. The molecule has 0 saturated heterocycles. The summed E-state index contributed by atoms with van der Waals surface area (Å²) in [5.74, 6) is -0.568. The van der Waals surface area contributed by atoms with Gasteiger partial charge >= 0.3 is 0 Å². The molecule has 1 aromatic heterocycles. The highest BCUT2D eigenvalue weighted by atomic mass is 32.2. The summed E-state index contributed by atoms with van der Waals surface area (Å²) in [5, 5.41) is 1.82. The first-order valence-corrected chi connectivity index (χ1v) is 8.86. The van der Waals surface area contributed by atoms with Crippen molar-refractivity contribution in [1.29, 1.82) is 0 Å². The van der Waals surface area contributed by atoms with E-state index in [9.17, 15) is 16.8 Å². The van der Waals surface area contributed by atoms with Crippen LogP contribution in [0.1, 0.15) is 10.1 Å². The van der Waals surface area contributed by atoms with Crippen LogP contribution in [0, 0.1) is 0 Å². The normalized spacial score (nSPS) is 27.4. The van der Waals surface area contributed by atoms with Gasteiger partial charge in [0.2, 0.25) is 0 Å². The molecule has 1 aliphatic rings. The fraction of sp³-hybridized carbons (Fsp3) is 0.333. The standard InChI is InChI=1S/C9H10O4S3/c10-15(11)5-2-6-16(12,13)9(7-15)8-3-1-4-14-8/h1-5,9H,6-7H2. The van der Waals surface area contributed by atoms with Gasteiger partial charge in [-0.25, -0.2) is 16.8 Å². The summed E-state index contributed by atoms with van der Waals surface area (Å²) in [6, 6.07) is 3.38. The molecule has 1 unspecified atom stereocenters. The monoisotopic (exact) mass is 278 g/mol. The van der Waals surface area contributed by atoms with Crippen molar-refractivity contribution in [2.24, 2.45) is 0 Å². The maximum atomic E-state index is 11.9. The molecule has 0 bridgehead atoms. The maximum Gasteiger partial charge on any atom is 0.172 e. The minimum absolute atomic E-state index is 0.213. The largest absolute Gasteiger partial charge is 0.228 e. The molecule has 2 heterocycles. The summed E-state index contributed by atoms with van der Waals surface area (Å²) in [6.45, 7) is 0. The van der Waals surface area contributed by atoms with Crippen molar-refractivity contribution in [3.8, 4) is 0 Å². The molecule has 0 spiro atoms. The zero-order valence-corrected chi connectivity index (χ0v) is 10.7. The maximum absolute atomic E-state index is 11.9. The minimum atomic E-state index is -3.42. The van der Waals surface area contributed by atoms with Crippen molar-refractivity contribution in [3.05, 3.63) is 33.9 Å². The summed E-state index contributed by atoms with van der Waals surface area (Å²) in [6.07, 6.45) is 1.21. The van der Waals surface area contributed by atoms with Gasteiger partial charge in [-0.1, -0.05) is 12.1 Å². The first-order chi connectivity index (χ1) is 7.41. The van der Waals surface area contributed by atoms with Crippen LogP contribution in [-0.2, 0) is 19.7 Å². The molecule has 88 valence electrons. The Bertz CT molecular complexity index is 593. The molecule has 0 aliphatic carbocycles. The van der Waals surface area contributed by atoms with Gasteiger partial charge in [-0.2, -0.15) is 0 Å². The first kappa shape index (κ1) is 11.8. The van der Waals surface area contributed by atoms with Crippen molar-refractivity contribution in [3.63, 3.8) is 0 Å². The van der Waals surface area contributed by atoms with E-state index in [1.165, 1.54) is 17.4 Å². The Labute approximate surface area is 98.5 Å². The average Bonchev–Trinajstić information content (AvgIpc) is 2.62. The number of thiophene rings is 1. The highest BCUT2D eigenvalue weighted by molar-refractivity contribution is 7.97. The minimum Gasteiger partial charge on any atom is -0.228 e. The lowest BCUT2D eigenvalue weighted by molar-refractivity contribution is 0.583. The van der Waals surface area contributed by atoms with Gasteiger partial charge < -0.3 is 0 Å². The molecule has 7 heteroatoms. The van der Waals surface area contributed by atoms with Crippen LogP contribution in [0.15, 0.2) is 29.0 Å². The Balaban J connectivity index is 2.50. The summed E-state index contributed by atoms with van der Waals surface area (Å²) in [5.41, 5.74) is 0. The Morgan fingerprint density at radius 1 is 1.25 bits per heavy atom. The predicted molar refractivity (Wildman–Crippen MR) is 63.8 cm³/mol. The van der Waals surface area contributed by atoms with E-state index in [1.54, 1.807) is 17.5 Å². The van der Waals surface area contributed by atoms with Gasteiger partial charge in [0.05, 0.1) is 11.5 Å². The molecule has 1 atom stereocenters. The lowest BCUT2D eigenvalue weighted by atomic mass is 10.4. The lowest BCUT2D eigenvalue weighted by Gasteiger charge is -2.11. The summed E-state index contributed by atoms with van der Waals surface area (Å²) in [7, 11) is -6.83. The van der Waals surface area contributed by atoms with E-state index in [-0.39, 0.29) is 11.5 Å². The van der Waals surface area contributed by atoms with Crippen LogP contribution in [0.2, 0.25) is 0 Å². The topological polar surface area (TPSA) is 68.3 Å². The Morgan fingerprint density at radius 2 is 2.00 bits per heavy atom. The van der Waals surface area contributed by atoms with Crippen molar-refractivity contribution >= 4 is 31.0 Å². The molecule has 0 radical (unpaired) electrons. The van der Waals surface area contributed by atoms with Gasteiger partial charge in [0, 0.05) is 10.3 Å². The van der Waals surface area contributed by atoms with E-state index in [0.717, 1.165) is 5.41 Å². The highest BCUT2D eigenvalue weighted by Crippen LogP contribution is 2.30. The Kier molecular flexibility index (Phi) is 2.93. The van der Waals surface area contributed by atoms with Crippen LogP contribution < -0.4 is 0 Å². The smallest absolute Gasteiger partial charge is 0.172 e. The molecule has 0 saturated carbocycles. The van der Waals surface area contributed by atoms with Crippen LogP contribution in [0.3, 0.4) is 0 Å². The van der Waals surface area contributed by atoms with Crippen LogP contribution in [0.25, 0.3) is 0 Å². The van der Waals surface area contributed by atoms with Crippen molar-refractivity contribution < 1.29 is 16.8 Å². The van der Waals surface area contributed by atoms with E-state index in [1.807, 2.05) is 0 Å². The molecule has 0 aromatic carbocycles. The van der Waals surface area contributed by atoms with Gasteiger partial charge in [-0.05, 0) is 11.4 Å². The fourth-order valence-corrected chi connectivity index (χ4v) is 6.61. The predicted octanol–water partition coefficient (Wildman–Crippen LogP) is 1.15. The third-order valence-electron chi connectivity index (χ3n) is 2.31. The SMILES string of the molecule is O=S1(=O)C=CCS(=O)(=O)C(c2cccs2)C1. The zero-order valence-electron chi connectivity index (χ0n) is 8.24. The van der Waals surface area contributed by atoms with Crippen molar-refractivity contribution in [2.75, 3.05) is 11.5 Å². The Hall–Kier alpha value is -0.660. The van der Waals surface area contributed by atoms with E-state index >= 15 is 0 Å². The zero-order chi connectivity index (χ0) is 11.8. The second kappa shape index (κ2) is 3.97. The summed E-state index contributed by atoms with van der Waals surface area (Å²) in [4.78, 5) is 0.590. The highest BCUT2D eigenvalue weighted by Gasteiger charge is 2.33. The van der Waals surface area contributed by atoms with Crippen LogP contribution >= 0.6 is 11.3 Å². The number of hydrogen-bond donors (Lipinski definition) is 0. The van der Waals surface area contributed by atoms with E-state index < -0.39 is 24.9 Å². The molecule has 1 aliphatic heterocycles. The first-order valence-electron chi connectivity index (χ1n) is 4.55. The molecule has 16 heavy (non-hydrogen) atoms. The lowest BCUT2D eigenvalue weighted by Crippen LogP contribution is -2.20. The third kappa shape index (κ3) is 2.36. The number of hydrogen-bond acceptors (Lipinski definition) is 5. The fourth-order valence-electron chi connectivity index (χ4n) is 1.54. The van der Waals surface area contributed by atoms with E-state index in [0.29, 0.717) is 4.88 Å². The van der Waals surface area contributed by atoms with E-state index in [2.05, 4.69) is 0 Å². The summed E-state index contributed by atoms with van der Waals surface area (Å²) >= 11 is 1.27. The van der Waals surface area contributed by atoms with Gasteiger partial charge in [0.1, 0.15) is 5.25 Å². The molecule has 1 aromatic rings. The number of rotatable bonds is 1. The molecule has 2 rings (SSSR count). The molecule has 0 fully saturated rings. The van der Waals surface area contributed by atoms with Gasteiger partial charge in [-0.3, -0.25) is 0 Å².